The van der Waals surface area contributed by atoms with Gasteiger partial charge in [0.2, 0.25) is 0 Å². The van der Waals surface area contributed by atoms with Gasteiger partial charge in [0.15, 0.2) is 0 Å². The van der Waals surface area contributed by atoms with Crippen LogP contribution in [0, 0.1) is 17.1 Å². The van der Waals surface area contributed by atoms with Crippen LogP contribution in [0.2, 0.25) is 0 Å². The fourth-order valence-electron chi connectivity index (χ4n) is 1.33. The number of aryl methyl sites for hydroxylation is 1. The van der Waals surface area contributed by atoms with E-state index in [-0.39, 0.29) is 11.3 Å². The van der Waals surface area contributed by atoms with Crippen LogP contribution in [0.3, 0.4) is 0 Å². The highest BCUT2D eigenvalue weighted by Gasteiger charge is 2.08. The number of aromatic nitrogens is 2. The molecule has 0 spiro atoms. The summed E-state index contributed by atoms with van der Waals surface area (Å²) in [6.45, 7) is 0. The smallest absolute Gasteiger partial charge is 0.305 e. The van der Waals surface area contributed by atoms with E-state index in [0.717, 1.165) is 0 Å². The van der Waals surface area contributed by atoms with Crippen molar-refractivity contribution in [2.24, 2.45) is 7.05 Å². The average Bonchev–Trinajstić information content (AvgIpc) is 2.43. The predicted molar refractivity (Wildman–Crippen MR) is 48.2 cm³/mol. The Morgan fingerprint density at radius 3 is 2.93 bits per heavy atom. The highest BCUT2D eigenvalue weighted by atomic mass is 19.1. The number of aromatic amines is 1. The molecule has 70 valence electrons. The van der Waals surface area contributed by atoms with Crippen LogP contribution < -0.4 is 5.69 Å². The standard InChI is InChI=1S/C9H6FN3O/c1-13-8-3-6(10)5(4-11)2-7(8)12-9(13)14/h2-3H,1H3,(H,12,14). The molecular weight excluding hydrogens is 185 g/mol. The summed E-state index contributed by atoms with van der Waals surface area (Å²) in [4.78, 5) is 13.7. The minimum Gasteiger partial charge on any atom is -0.305 e. The number of hydrogen-bond acceptors (Lipinski definition) is 2. The number of fused-ring (bicyclic) bond motifs is 1. The van der Waals surface area contributed by atoms with Gasteiger partial charge in [0, 0.05) is 13.1 Å². The number of imidazole rings is 1. The molecule has 0 saturated heterocycles. The second-order valence-electron chi connectivity index (χ2n) is 2.95. The number of hydrogen-bond donors (Lipinski definition) is 1. The minimum absolute atomic E-state index is 0.0700. The lowest BCUT2D eigenvalue weighted by molar-refractivity contribution is 0.625. The lowest BCUT2D eigenvalue weighted by atomic mass is 10.2. The van der Waals surface area contributed by atoms with Crippen molar-refractivity contribution in [1.29, 1.82) is 5.26 Å². The molecule has 14 heavy (non-hydrogen) atoms. The van der Waals surface area contributed by atoms with E-state index in [0.29, 0.717) is 11.0 Å². The molecule has 5 heteroatoms. The van der Waals surface area contributed by atoms with E-state index < -0.39 is 5.82 Å². The zero-order valence-electron chi connectivity index (χ0n) is 7.34. The highest BCUT2D eigenvalue weighted by Crippen LogP contribution is 2.15. The molecule has 1 aromatic carbocycles. The Kier molecular flexibility index (Phi) is 1.64. The number of nitrogens with zero attached hydrogens (tertiary/aromatic N) is 2. The van der Waals surface area contributed by atoms with Gasteiger partial charge in [0.05, 0.1) is 16.6 Å². The van der Waals surface area contributed by atoms with E-state index in [4.69, 9.17) is 5.26 Å². The third kappa shape index (κ3) is 1.01. The Hall–Kier alpha value is -2.09. The van der Waals surface area contributed by atoms with Gasteiger partial charge in [-0.25, -0.2) is 9.18 Å². The largest absolute Gasteiger partial charge is 0.326 e. The van der Waals surface area contributed by atoms with Crippen molar-refractivity contribution < 1.29 is 4.39 Å². The molecule has 1 heterocycles. The average molecular weight is 191 g/mol. The minimum atomic E-state index is -0.616. The first-order valence-electron chi connectivity index (χ1n) is 3.92. The number of benzene rings is 1. The fraction of sp³-hybridized carbons (Fsp3) is 0.111. The number of H-pyrrole nitrogens is 1. The van der Waals surface area contributed by atoms with Crippen molar-refractivity contribution in [3.05, 3.63) is 34.0 Å². The van der Waals surface area contributed by atoms with Gasteiger partial charge >= 0.3 is 5.69 Å². The molecule has 0 saturated carbocycles. The molecule has 2 aromatic rings. The SMILES string of the molecule is Cn1c(=O)[nH]c2cc(C#N)c(F)cc21. The number of halogens is 1. The molecule has 1 aromatic heterocycles. The first-order chi connectivity index (χ1) is 6.63. The molecule has 0 atom stereocenters. The van der Waals surface area contributed by atoms with Gasteiger partial charge in [-0.05, 0) is 6.07 Å². The third-order valence-corrected chi connectivity index (χ3v) is 2.11. The summed E-state index contributed by atoms with van der Waals surface area (Å²) >= 11 is 0. The van der Waals surface area contributed by atoms with E-state index in [1.54, 1.807) is 6.07 Å². The molecule has 0 fully saturated rings. The van der Waals surface area contributed by atoms with Crippen LogP contribution in [-0.2, 0) is 7.05 Å². The maximum absolute atomic E-state index is 13.2. The van der Waals surface area contributed by atoms with E-state index in [1.165, 1.54) is 23.7 Å². The highest BCUT2D eigenvalue weighted by molar-refractivity contribution is 5.77. The summed E-state index contributed by atoms with van der Waals surface area (Å²) < 4.78 is 14.4. The molecule has 0 amide bonds. The number of nitrogens with one attached hydrogen (secondary N) is 1. The van der Waals surface area contributed by atoms with Gasteiger partial charge in [-0.3, -0.25) is 4.57 Å². The lowest BCUT2D eigenvalue weighted by Gasteiger charge is -1.95. The van der Waals surface area contributed by atoms with Crippen molar-refractivity contribution >= 4 is 11.0 Å². The molecule has 0 aliphatic heterocycles. The summed E-state index contributed by atoms with van der Waals surface area (Å²) in [5.41, 5.74) is 0.524. The zero-order valence-corrected chi connectivity index (χ0v) is 7.34. The molecular formula is C9H6FN3O. The van der Waals surface area contributed by atoms with Crippen molar-refractivity contribution in [3.63, 3.8) is 0 Å². The second-order valence-corrected chi connectivity index (χ2v) is 2.95. The first kappa shape index (κ1) is 8.51. The predicted octanol–water partition coefficient (Wildman–Crippen LogP) is 0.877. The van der Waals surface area contributed by atoms with E-state index in [1.807, 2.05) is 0 Å². The normalized spacial score (nSPS) is 10.4. The van der Waals surface area contributed by atoms with Gasteiger partial charge < -0.3 is 4.98 Å². The van der Waals surface area contributed by atoms with Crippen molar-refractivity contribution in [2.45, 2.75) is 0 Å². The Labute approximate surface area is 78.2 Å². The van der Waals surface area contributed by atoms with Crippen LogP contribution in [0.5, 0.6) is 0 Å². The van der Waals surface area contributed by atoms with Gasteiger partial charge in [0.25, 0.3) is 0 Å². The van der Waals surface area contributed by atoms with Crippen molar-refractivity contribution in [3.8, 4) is 6.07 Å². The van der Waals surface area contributed by atoms with Crippen molar-refractivity contribution in [2.75, 3.05) is 0 Å². The molecule has 2 rings (SSSR count). The summed E-state index contributed by atoms with van der Waals surface area (Å²) in [6.07, 6.45) is 0. The van der Waals surface area contributed by atoms with E-state index in [9.17, 15) is 9.18 Å². The van der Waals surface area contributed by atoms with Crippen LogP contribution in [-0.4, -0.2) is 9.55 Å². The molecule has 4 nitrogen and oxygen atoms in total. The van der Waals surface area contributed by atoms with Gasteiger partial charge in [0.1, 0.15) is 11.9 Å². The zero-order chi connectivity index (χ0) is 10.3. The summed E-state index contributed by atoms with van der Waals surface area (Å²) in [5.74, 6) is -0.616. The summed E-state index contributed by atoms with van der Waals surface area (Å²) in [7, 11) is 1.53. The monoisotopic (exact) mass is 191 g/mol. The maximum atomic E-state index is 13.2. The topological polar surface area (TPSA) is 61.6 Å². The van der Waals surface area contributed by atoms with Crippen LogP contribution in [0.25, 0.3) is 11.0 Å². The van der Waals surface area contributed by atoms with Gasteiger partial charge in [-0.2, -0.15) is 5.26 Å². The second kappa shape index (κ2) is 2.70. The van der Waals surface area contributed by atoms with Crippen LogP contribution in [0.4, 0.5) is 4.39 Å². The van der Waals surface area contributed by atoms with E-state index >= 15 is 0 Å². The molecule has 0 unspecified atom stereocenters. The van der Waals surface area contributed by atoms with Crippen LogP contribution >= 0.6 is 0 Å². The Bertz CT molecular complexity index is 603. The first-order valence-corrected chi connectivity index (χ1v) is 3.92. The molecule has 0 radical (unpaired) electrons. The third-order valence-electron chi connectivity index (χ3n) is 2.11. The maximum Gasteiger partial charge on any atom is 0.326 e. The quantitative estimate of drug-likeness (QED) is 0.671. The van der Waals surface area contributed by atoms with Crippen LogP contribution in [0.15, 0.2) is 16.9 Å². The fourth-order valence-corrected chi connectivity index (χ4v) is 1.33. The van der Waals surface area contributed by atoms with E-state index in [2.05, 4.69) is 4.98 Å². The summed E-state index contributed by atoms with van der Waals surface area (Å²) in [6, 6.07) is 4.21. The molecule has 0 aliphatic rings. The lowest BCUT2D eigenvalue weighted by Crippen LogP contribution is -2.11. The molecule has 0 aliphatic carbocycles. The number of rotatable bonds is 0. The Balaban J connectivity index is 2.95. The van der Waals surface area contributed by atoms with Gasteiger partial charge in [-0.15, -0.1) is 0 Å². The molecule has 1 N–H and O–H groups in total. The summed E-state index contributed by atoms with van der Waals surface area (Å²) in [5, 5.41) is 8.57. The van der Waals surface area contributed by atoms with Crippen molar-refractivity contribution in [1.82, 2.24) is 9.55 Å². The van der Waals surface area contributed by atoms with Crippen LogP contribution in [0.1, 0.15) is 5.56 Å². The molecule has 0 bridgehead atoms. The number of nitriles is 1. The van der Waals surface area contributed by atoms with Gasteiger partial charge in [-0.1, -0.05) is 0 Å². The Morgan fingerprint density at radius 2 is 2.29 bits per heavy atom. The Morgan fingerprint density at radius 1 is 1.57 bits per heavy atom.